The largest absolute Gasteiger partial charge is 0.395 e. The van der Waals surface area contributed by atoms with Gasteiger partial charge < -0.3 is 20.3 Å². The molecule has 4 heteroatoms. The number of nitrogens with one attached hydrogen (secondary N) is 2. The molecule has 0 saturated carbocycles. The minimum Gasteiger partial charge on any atom is -0.395 e. The molecular formula is C19H29N3O. The van der Waals surface area contributed by atoms with E-state index in [1.165, 1.54) is 35.9 Å². The lowest BCUT2D eigenvalue weighted by molar-refractivity contribution is 0.158. The zero-order valence-electron chi connectivity index (χ0n) is 14.3. The highest BCUT2D eigenvalue weighted by Crippen LogP contribution is 2.21. The molecule has 0 bridgehead atoms. The van der Waals surface area contributed by atoms with Crippen molar-refractivity contribution >= 4 is 10.9 Å². The highest BCUT2D eigenvalue weighted by molar-refractivity contribution is 5.83. The lowest BCUT2D eigenvalue weighted by atomic mass is 9.91. The van der Waals surface area contributed by atoms with Crippen LogP contribution in [-0.2, 0) is 6.42 Å². The van der Waals surface area contributed by atoms with Crippen LogP contribution in [0.3, 0.4) is 0 Å². The monoisotopic (exact) mass is 315 g/mol. The van der Waals surface area contributed by atoms with E-state index in [2.05, 4.69) is 53.6 Å². The number of benzene rings is 1. The van der Waals surface area contributed by atoms with Crippen molar-refractivity contribution < 1.29 is 5.11 Å². The molecule has 1 aromatic carbocycles. The quantitative estimate of drug-likeness (QED) is 0.767. The molecule has 0 radical (unpaired) electrons. The fourth-order valence-corrected chi connectivity index (χ4v) is 3.86. The van der Waals surface area contributed by atoms with Crippen molar-refractivity contribution in [1.82, 2.24) is 15.2 Å². The summed E-state index contributed by atoms with van der Waals surface area (Å²) in [7, 11) is 2.20. The van der Waals surface area contributed by atoms with Gasteiger partial charge in [-0.1, -0.05) is 18.2 Å². The molecule has 3 unspecified atom stereocenters. The molecule has 3 rings (SSSR count). The predicted octanol–water partition coefficient (Wildman–Crippen LogP) is 2.39. The number of likely N-dealkylation sites (tertiary alicyclic amines) is 1. The molecule has 0 aliphatic carbocycles. The van der Waals surface area contributed by atoms with Crippen LogP contribution in [0, 0.1) is 5.92 Å². The maximum Gasteiger partial charge on any atom is 0.0587 e. The second-order valence-electron chi connectivity index (χ2n) is 7.06. The number of aliphatic hydroxyl groups is 1. The van der Waals surface area contributed by atoms with Crippen LogP contribution in [0.15, 0.2) is 30.5 Å². The van der Waals surface area contributed by atoms with E-state index < -0.39 is 0 Å². The first kappa shape index (κ1) is 16.5. The van der Waals surface area contributed by atoms with Gasteiger partial charge in [-0.25, -0.2) is 0 Å². The maximum absolute atomic E-state index is 9.81. The molecule has 3 atom stereocenters. The molecule has 126 valence electrons. The Bertz CT molecular complexity index is 624. The Morgan fingerprint density at radius 2 is 2.22 bits per heavy atom. The molecule has 3 N–H and O–H groups in total. The second-order valence-corrected chi connectivity index (χ2v) is 7.06. The van der Waals surface area contributed by atoms with Crippen molar-refractivity contribution in [2.45, 2.75) is 38.3 Å². The van der Waals surface area contributed by atoms with Crippen molar-refractivity contribution in [3.63, 3.8) is 0 Å². The average Bonchev–Trinajstić information content (AvgIpc) is 2.97. The highest BCUT2D eigenvalue weighted by Gasteiger charge is 2.24. The number of aliphatic hydroxyl groups excluding tert-OH is 1. The van der Waals surface area contributed by atoms with E-state index >= 15 is 0 Å². The number of hydrogen-bond donors (Lipinski definition) is 3. The molecule has 2 heterocycles. The molecular weight excluding hydrogens is 286 g/mol. The lowest BCUT2D eigenvalue weighted by Crippen LogP contribution is -2.48. The Labute approximate surface area is 138 Å². The lowest BCUT2D eigenvalue weighted by Gasteiger charge is -2.35. The first-order valence-electron chi connectivity index (χ1n) is 8.78. The van der Waals surface area contributed by atoms with Gasteiger partial charge in [-0.3, -0.25) is 0 Å². The molecule has 1 fully saturated rings. The summed E-state index contributed by atoms with van der Waals surface area (Å²) in [6, 6.07) is 8.90. The third-order valence-corrected chi connectivity index (χ3v) is 5.23. The number of H-pyrrole nitrogens is 1. The summed E-state index contributed by atoms with van der Waals surface area (Å²) in [6.45, 7) is 4.80. The summed E-state index contributed by atoms with van der Waals surface area (Å²) in [5.74, 6) is 0.672. The first-order chi connectivity index (χ1) is 11.2. The van der Waals surface area contributed by atoms with Crippen LogP contribution in [0.1, 0.15) is 25.3 Å². The van der Waals surface area contributed by atoms with Gasteiger partial charge in [0.25, 0.3) is 0 Å². The summed E-state index contributed by atoms with van der Waals surface area (Å²) in [4.78, 5) is 5.74. The van der Waals surface area contributed by atoms with Crippen molar-refractivity contribution in [1.29, 1.82) is 0 Å². The van der Waals surface area contributed by atoms with E-state index in [0.717, 1.165) is 13.0 Å². The average molecular weight is 315 g/mol. The number of piperidine rings is 1. The van der Waals surface area contributed by atoms with Crippen LogP contribution in [0.5, 0.6) is 0 Å². The van der Waals surface area contributed by atoms with Crippen molar-refractivity contribution in [3.05, 3.63) is 36.0 Å². The molecule has 1 aliphatic heterocycles. The molecule has 1 aromatic heterocycles. The van der Waals surface area contributed by atoms with E-state index in [1.807, 2.05) is 6.07 Å². The van der Waals surface area contributed by atoms with Gasteiger partial charge in [0.1, 0.15) is 0 Å². The highest BCUT2D eigenvalue weighted by atomic mass is 16.3. The van der Waals surface area contributed by atoms with Gasteiger partial charge >= 0.3 is 0 Å². The van der Waals surface area contributed by atoms with Gasteiger partial charge in [0.05, 0.1) is 6.61 Å². The minimum atomic E-state index is 0.108. The van der Waals surface area contributed by atoms with E-state index in [1.54, 1.807) is 0 Å². The van der Waals surface area contributed by atoms with Crippen LogP contribution in [-0.4, -0.2) is 53.8 Å². The van der Waals surface area contributed by atoms with Gasteiger partial charge in [0, 0.05) is 35.7 Å². The van der Waals surface area contributed by atoms with E-state index in [9.17, 15) is 5.11 Å². The SMILES string of the molecule is CC(NC(CO)Cc1c[nH]c2ccccc12)C1CCCN(C)C1. The molecule has 1 aliphatic rings. The molecule has 0 amide bonds. The number of para-hydroxylation sites is 1. The second kappa shape index (κ2) is 7.47. The van der Waals surface area contributed by atoms with Crippen LogP contribution in [0.4, 0.5) is 0 Å². The van der Waals surface area contributed by atoms with Crippen LogP contribution < -0.4 is 5.32 Å². The fourth-order valence-electron chi connectivity index (χ4n) is 3.86. The summed E-state index contributed by atoms with van der Waals surface area (Å²) < 4.78 is 0. The molecule has 1 saturated heterocycles. The molecule has 0 spiro atoms. The Morgan fingerprint density at radius 1 is 1.39 bits per heavy atom. The summed E-state index contributed by atoms with van der Waals surface area (Å²) in [5, 5.41) is 14.7. The van der Waals surface area contributed by atoms with Gasteiger partial charge in [0.2, 0.25) is 0 Å². The third kappa shape index (κ3) is 3.94. The standard InChI is InChI=1S/C19H29N3O/c1-14(15-6-5-9-22(2)12-15)21-17(13-23)10-16-11-20-19-8-4-3-7-18(16)19/h3-4,7-8,11,14-15,17,20-21,23H,5-6,9-10,12-13H2,1-2H3. The number of aromatic amines is 1. The van der Waals surface area contributed by atoms with Crippen LogP contribution in [0.25, 0.3) is 10.9 Å². The summed E-state index contributed by atoms with van der Waals surface area (Å²) >= 11 is 0. The summed E-state index contributed by atoms with van der Waals surface area (Å²) in [5.41, 5.74) is 2.45. The Balaban J connectivity index is 1.63. The topological polar surface area (TPSA) is 51.3 Å². The zero-order chi connectivity index (χ0) is 16.2. The molecule has 2 aromatic rings. The van der Waals surface area contributed by atoms with Gasteiger partial charge in [0.15, 0.2) is 0 Å². The van der Waals surface area contributed by atoms with E-state index in [-0.39, 0.29) is 12.6 Å². The zero-order valence-corrected chi connectivity index (χ0v) is 14.3. The van der Waals surface area contributed by atoms with Gasteiger partial charge in [-0.15, -0.1) is 0 Å². The Kier molecular flexibility index (Phi) is 5.36. The van der Waals surface area contributed by atoms with Crippen molar-refractivity contribution in [3.8, 4) is 0 Å². The van der Waals surface area contributed by atoms with E-state index in [0.29, 0.717) is 12.0 Å². The minimum absolute atomic E-state index is 0.108. The molecule has 23 heavy (non-hydrogen) atoms. The van der Waals surface area contributed by atoms with Crippen molar-refractivity contribution in [2.75, 3.05) is 26.7 Å². The predicted molar refractivity (Wildman–Crippen MR) is 95.7 cm³/mol. The number of nitrogens with zero attached hydrogens (tertiary/aromatic N) is 1. The number of rotatable bonds is 6. The Morgan fingerprint density at radius 3 is 3.00 bits per heavy atom. The number of fused-ring (bicyclic) bond motifs is 1. The number of hydrogen-bond acceptors (Lipinski definition) is 3. The van der Waals surface area contributed by atoms with Gasteiger partial charge in [-0.2, -0.15) is 0 Å². The molecule has 4 nitrogen and oxygen atoms in total. The maximum atomic E-state index is 9.81. The normalized spacial score (nSPS) is 22.3. The van der Waals surface area contributed by atoms with E-state index in [4.69, 9.17) is 0 Å². The van der Waals surface area contributed by atoms with Crippen LogP contribution in [0.2, 0.25) is 0 Å². The Hall–Kier alpha value is -1.36. The number of aromatic nitrogens is 1. The third-order valence-electron chi connectivity index (χ3n) is 5.23. The van der Waals surface area contributed by atoms with Crippen molar-refractivity contribution in [2.24, 2.45) is 5.92 Å². The van der Waals surface area contributed by atoms with Gasteiger partial charge in [-0.05, 0) is 57.3 Å². The van der Waals surface area contributed by atoms with Crippen LogP contribution >= 0.6 is 0 Å². The first-order valence-corrected chi connectivity index (χ1v) is 8.78. The smallest absolute Gasteiger partial charge is 0.0587 e. The summed E-state index contributed by atoms with van der Waals surface area (Å²) in [6.07, 6.45) is 5.49. The fraction of sp³-hybridized carbons (Fsp3) is 0.579.